The molecule has 0 fully saturated rings. The predicted octanol–water partition coefficient (Wildman–Crippen LogP) is 3.05. The minimum Gasteiger partial charge on any atom is -0.345 e. The number of benzene rings is 1. The first-order valence-corrected chi connectivity index (χ1v) is 5.44. The molecule has 2 rings (SSSR count). The smallest absolute Gasteiger partial charge is 0.0507 e. The van der Waals surface area contributed by atoms with Crippen LogP contribution in [0.1, 0.15) is 5.69 Å². The van der Waals surface area contributed by atoms with Crippen molar-refractivity contribution >= 4 is 38.4 Å². The molecule has 1 aromatic heterocycles. The van der Waals surface area contributed by atoms with Crippen LogP contribution < -0.4 is 5.73 Å². The number of fused-ring (bicyclic) bond motifs is 1. The maximum Gasteiger partial charge on any atom is 0.0507 e. The van der Waals surface area contributed by atoms with Crippen molar-refractivity contribution in [3.05, 3.63) is 33.4 Å². The Morgan fingerprint density at radius 3 is 2.86 bits per heavy atom. The van der Waals surface area contributed by atoms with Gasteiger partial charge in [-0.05, 0) is 28.1 Å². The number of rotatable bonds is 1. The first-order chi connectivity index (χ1) is 6.65. The van der Waals surface area contributed by atoms with Gasteiger partial charge >= 0.3 is 0 Å². The van der Waals surface area contributed by atoms with Crippen LogP contribution in [0.25, 0.3) is 10.9 Å². The van der Waals surface area contributed by atoms with E-state index in [0.29, 0.717) is 6.54 Å². The van der Waals surface area contributed by atoms with Crippen molar-refractivity contribution in [3.8, 4) is 0 Å². The molecule has 2 aromatic rings. The van der Waals surface area contributed by atoms with E-state index in [1.807, 2.05) is 25.2 Å². The van der Waals surface area contributed by atoms with Crippen molar-refractivity contribution < 1.29 is 0 Å². The van der Waals surface area contributed by atoms with E-state index in [-0.39, 0.29) is 0 Å². The molecule has 0 aliphatic heterocycles. The first-order valence-electron chi connectivity index (χ1n) is 4.27. The zero-order valence-corrected chi connectivity index (χ0v) is 10.1. The average molecular weight is 274 g/mol. The molecule has 4 heteroatoms. The molecule has 2 N–H and O–H groups in total. The summed E-state index contributed by atoms with van der Waals surface area (Å²) in [6.07, 6.45) is 0. The second-order valence-electron chi connectivity index (χ2n) is 3.19. The lowest BCUT2D eigenvalue weighted by Crippen LogP contribution is -2.03. The molecule has 0 atom stereocenters. The van der Waals surface area contributed by atoms with Crippen LogP contribution in [0.3, 0.4) is 0 Å². The highest BCUT2D eigenvalue weighted by Crippen LogP contribution is 2.31. The summed E-state index contributed by atoms with van der Waals surface area (Å²) in [7, 11) is 1.99. The fourth-order valence-electron chi connectivity index (χ4n) is 1.64. The number of aromatic nitrogens is 1. The number of halogens is 2. The van der Waals surface area contributed by atoms with Gasteiger partial charge in [0.2, 0.25) is 0 Å². The van der Waals surface area contributed by atoms with E-state index >= 15 is 0 Å². The van der Waals surface area contributed by atoms with Gasteiger partial charge < -0.3 is 10.3 Å². The van der Waals surface area contributed by atoms with Gasteiger partial charge in [0, 0.05) is 34.2 Å². The van der Waals surface area contributed by atoms with E-state index in [1.165, 1.54) is 0 Å². The van der Waals surface area contributed by atoms with Crippen LogP contribution in [-0.2, 0) is 13.6 Å². The van der Waals surface area contributed by atoms with Crippen molar-refractivity contribution in [1.82, 2.24) is 4.57 Å². The minimum atomic E-state index is 0.517. The number of nitrogens with zero attached hydrogens (tertiary/aromatic N) is 1. The average Bonchev–Trinajstić information content (AvgIpc) is 2.39. The molecule has 0 aliphatic carbocycles. The Morgan fingerprint density at radius 2 is 2.21 bits per heavy atom. The van der Waals surface area contributed by atoms with Gasteiger partial charge in [0.05, 0.1) is 5.52 Å². The van der Waals surface area contributed by atoms with Crippen LogP contribution in [0, 0.1) is 0 Å². The Bertz CT molecular complexity index is 490. The Hall–Kier alpha value is -0.510. The molecule has 0 saturated heterocycles. The van der Waals surface area contributed by atoms with E-state index in [9.17, 15) is 0 Å². The number of hydrogen-bond acceptors (Lipinski definition) is 1. The molecule has 1 aromatic carbocycles. The highest BCUT2D eigenvalue weighted by molar-refractivity contribution is 9.10. The molecule has 0 bridgehead atoms. The Balaban J connectivity index is 2.87. The number of aryl methyl sites for hydroxylation is 1. The van der Waals surface area contributed by atoms with Gasteiger partial charge in [-0.25, -0.2) is 0 Å². The Labute approximate surface area is 95.8 Å². The second-order valence-corrected chi connectivity index (χ2v) is 4.41. The van der Waals surface area contributed by atoms with Crippen molar-refractivity contribution in [1.29, 1.82) is 0 Å². The van der Waals surface area contributed by atoms with Gasteiger partial charge in [0.1, 0.15) is 0 Å². The third-order valence-corrected chi connectivity index (χ3v) is 3.53. The normalized spacial score (nSPS) is 11.1. The number of nitrogens with two attached hydrogens (primary N) is 1. The zero-order valence-electron chi connectivity index (χ0n) is 7.72. The van der Waals surface area contributed by atoms with Crippen molar-refractivity contribution in [2.24, 2.45) is 12.8 Å². The molecule has 0 spiro atoms. The van der Waals surface area contributed by atoms with E-state index in [2.05, 4.69) is 20.5 Å². The summed E-state index contributed by atoms with van der Waals surface area (Å²) in [5.74, 6) is 0. The SMILES string of the molecule is Cn1c(CN)c(Br)c2ccc(Cl)cc21. The largest absolute Gasteiger partial charge is 0.345 e. The van der Waals surface area contributed by atoms with Crippen molar-refractivity contribution in [2.75, 3.05) is 0 Å². The third kappa shape index (κ3) is 1.36. The zero-order chi connectivity index (χ0) is 10.3. The van der Waals surface area contributed by atoms with Gasteiger partial charge in [-0.1, -0.05) is 17.7 Å². The molecule has 74 valence electrons. The fourth-order valence-corrected chi connectivity index (χ4v) is 2.57. The lowest BCUT2D eigenvalue weighted by molar-refractivity contribution is 0.844. The van der Waals surface area contributed by atoms with Crippen LogP contribution in [0.5, 0.6) is 0 Å². The summed E-state index contributed by atoms with van der Waals surface area (Å²) in [6.45, 7) is 0.517. The molecule has 0 saturated carbocycles. The van der Waals surface area contributed by atoms with Crippen LogP contribution in [0.2, 0.25) is 5.02 Å². The summed E-state index contributed by atoms with van der Waals surface area (Å²) in [6, 6.07) is 5.83. The standard InChI is InChI=1S/C10H10BrClN2/c1-14-8-4-6(12)2-3-7(8)10(11)9(14)5-13/h2-4H,5,13H2,1H3. The van der Waals surface area contributed by atoms with Crippen LogP contribution >= 0.6 is 27.5 Å². The summed E-state index contributed by atoms with van der Waals surface area (Å²) >= 11 is 9.48. The molecule has 0 aliphatic rings. The Kier molecular flexibility index (Phi) is 2.56. The lowest BCUT2D eigenvalue weighted by atomic mass is 10.2. The summed E-state index contributed by atoms with van der Waals surface area (Å²) < 4.78 is 3.12. The van der Waals surface area contributed by atoms with Crippen molar-refractivity contribution in [2.45, 2.75) is 6.54 Å². The van der Waals surface area contributed by atoms with Gasteiger partial charge in [-0.3, -0.25) is 0 Å². The highest BCUT2D eigenvalue weighted by Gasteiger charge is 2.11. The first kappa shape index (κ1) is 10.0. The molecule has 2 nitrogen and oxygen atoms in total. The van der Waals surface area contributed by atoms with Crippen LogP contribution in [0.4, 0.5) is 0 Å². The molecular formula is C10H10BrClN2. The van der Waals surface area contributed by atoms with Gasteiger partial charge in [0.15, 0.2) is 0 Å². The summed E-state index contributed by atoms with van der Waals surface area (Å²) in [5, 5.41) is 1.89. The van der Waals surface area contributed by atoms with E-state index in [4.69, 9.17) is 17.3 Å². The molecular weight excluding hydrogens is 263 g/mol. The van der Waals surface area contributed by atoms with Gasteiger partial charge in [-0.2, -0.15) is 0 Å². The highest BCUT2D eigenvalue weighted by atomic mass is 79.9. The fraction of sp³-hybridized carbons (Fsp3) is 0.200. The Morgan fingerprint density at radius 1 is 1.50 bits per heavy atom. The van der Waals surface area contributed by atoms with Gasteiger partial charge in [0.25, 0.3) is 0 Å². The molecule has 0 amide bonds. The van der Waals surface area contributed by atoms with Crippen LogP contribution in [0.15, 0.2) is 22.7 Å². The quantitative estimate of drug-likeness (QED) is 0.850. The minimum absolute atomic E-state index is 0.517. The molecule has 1 heterocycles. The van der Waals surface area contributed by atoms with E-state index < -0.39 is 0 Å². The van der Waals surface area contributed by atoms with E-state index in [0.717, 1.165) is 26.1 Å². The third-order valence-electron chi connectivity index (χ3n) is 2.41. The number of hydrogen-bond donors (Lipinski definition) is 1. The topological polar surface area (TPSA) is 30.9 Å². The lowest BCUT2D eigenvalue weighted by Gasteiger charge is -2.00. The van der Waals surface area contributed by atoms with E-state index in [1.54, 1.807) is 0 Å². The molecule has 0 unspecified atom stereocenters. The maximum atomic E-state index is 5.94. The monoisotopic (exact) mass is 272 g/mol. The maximum absolute atomic E-state index is 5.94. The molecule has 0 radical (unpaired) electrons. The van der Waals surface area contributed by atoms with Crippen molar-refractivity contribution in [3.63, 3.8) is 0 Å². The summed E-state index contributed by atoms with van der Waals surface area (Å²) in [5.41, 5.74) is 7.86. The van der Waals surface area contributed by atoms with Gasteiger partial charge in [-0.15, -0.1) is 0 Å². The van der Waals surface area contributed by atoms with Crippen LogP contribution in [-0.4, -0.2) is 4.57 Å². The summed E-state index contributed by atoms with van der Waals surface area (Å²) in [4.78, 5) is 0. The molecule has 14 heavy (non-hydrogen) atoms. The predicted molar refractivity (Wildman–Crippen MR) is 63.5 cm³/mol. The second kappa shape index (κ2) is 3.57.